The second-order valence-electron chi connectivity index (χ2n) is 5.48. The summed E-state index contributed by atoms with van der Waals surface area (Å²) in [6.07, 6.45) is 2.88. The molecule has 1 aromatic heterocycles. The first kappa shape index (κ1) is 21.1. The fourth-order valence-electron chi connectivity index (χ4n) is 1.83. The summed E-state index contributed by atoms with van der Waals surface area (Å²) in [6.45, 7) is 0.241. The van der Waals surface area contributed by atoms with E-state index in [4.69, 9.17) is 15.9 Å². The van der Waals surface area contributed by atoms with E-state index in [-0.39, 0.29) is 6.42 Å². The van der Waals surface area contributed by atoms with Gasteiger partial charge in [0.05, 0.1) is 19.5 Å². The lowest BCUT2D eigenvalue weighted by Crippen LogP contribution is -2.54. The number of nitrogens with one attached hydrogen (secondary N) is 4. The molecule has 12 nitrogen and oxygen atoms in total. The lowest BCUT2D eigenvalue weighted by molar-refractivity contribution is -0.141. The van der Waals surface area contributed by atoms with Gasteiger partial charge in [0.15, 0.2) is 0 Å². The number of aliphatic carboxylic acids is 1. The Morgan fingerprint density at radius 1 is 1.27 bits per heavy atom. The molecule has 1 heterocycles. The van der Waals surface area contributed by atoms with Gasteiger partial charge in [0, 0.05) is 18.3 Å². The highest BCUT2D eigenvalue weighted by Gasteiger charge is 2.25. The summed E-state index contributed by atoms with van der Waals surface area (Å²) in [7, 11) is 0. The van der Waals surface area contributed by atoms with Gasteiger partial charge < -0.3 is 36.9 Å². The first-order valence-corrected chi connectivity index (χ1v) is 7.68. The number of aliphatic hydroxyl groups is 1. The summed E-state index contributed by atoms with van der Waals surface area (Å²) in [6, 6.07) is -3.40. The molecule has 3 atom stereocenters. The number of aromatic nitrogens is 2. The van der Waals surface area contributed by atoms with Crippen LogP contribution in [0.2, 0.25) is 0 Å². The summed E-state index contributed by atoms with van der Waals surface area (Å²) in [5.41, 5.74) is 5.84. The smallest absolute Gasteiger partial charge is 0.325 e. The highest BCUT2D eigenvalue weighted by Crippen LogP contribution is 2.00. The van der Waals surface area contributed by atoms with Crippen molar-refractivity contribution in [2.45, 2.75) is 31.5 Å². The van der Waals surface area contributed by atoms with Crippen molar-refractivity contribution in [2.24, 2.45) is 5.73 Å². The summed E-state index contributed by atoms with van der Waals surface area (Å²) < 4.78 is 0. The van der Waals surface area contributed by atoms with E-state index >= 15 is 0 Å². The lowest BCUT2D eigenvalue weighted by Gasteiger charge is -2.20. The quantitative estimate of drug-likeness (QED) is 0.219. The fourth-order valence-corrected chi connectivity index (χ4v) is 1.83. The SMILES string of the molecule is CC(NC(=O)C(Cc1cnc[nH]1)NC(=O)CNC(=O)C(N)CO)C(=O)O. The van der Waals surface area contributed by atoms with Crippen LogP contribution in [-0.4, -0.2) is 75.1 Å². The Balaban J connectivity index is 2.69. The minimum Gasteiger partial charge on any atom is -0.480 e. The molecule has 0 aliphatic carbocycles. The minimum absolute atomic E-state index is 0.0357. The van der Waals surface area contributed by atoms with Crippen molar-refractivity contribution in [3.63, 3.8) is 0 Å². The van der Waals surface area contributed by atoms with Crippen molar-refractivity contribution < 1.29 is 29.4 Å². The standard InChI is InChI=1S/C14H22N6O6/c1-7(14(25)26)19-13(24)10(2-8-3-16-6-18-8)20-11(22)4-17-12(23)9(15)5-21/h3,6-7,9-10,21H,2,4-5,15H2,1H3,(H,16,18)(H,17,23)(H,19,24)(H,20,22)(H,25,26). The van der Waals surface area contributed by atoms with E-state index in [0.29, 0.717) is 5.69 Å². The fraction of sp³-hybridized carbons (Fsp3) is 0.500. The van der Waals surface area contributed by atoms with Gasteiger partial charge in [-0.1, -0.05) is 0 Å². The molecule has 3 amide bonds. The Morgan fingerprint density at radius 3 is 2.50 bits per heavy atom. The first-order chi connectivity index (χ1) is 12.2. The van der Waals surface area contributed by atoms with Crippen LogP contribution in [0, 0.1) is 0 Å². The molecule has 0 saturated heterocycles. The molecule has 0 aromatic carbocycles. The molecule has 144 valence electrons. The Morgan fingerprint density at radius 2 is 1.96 bits per heavy atom. The highest BCUT2D eigenvalue weighted by atomic mass is 16.4. The number of imidazole rings is 1. The predicted molar refractivity (Wildman–Crippen MR) is 87.5 cm³/mol. The molecule has 12 heteroatoms. The zero-order chi connectivity index (χ0) is 19.7. The van der Waals surface area contributed by atoms with E-state index in [2.05, 4.69) is 25.9 Å². The second kappa shape index (κ2) is 10.1. The van der Waals surface area contributed by atoms with Crippen LogP contribution in [0.5, 0.6) is 0 Å². The van der Waals surface area contributed by atoms with E-state index in [1.165, 1.54) is 19.4 Å². The maximum absolute atomic E-state index is 12.2. The Labute approximate surface area is 148 Å². The zero-order valence-corrected chi connectivity index (χ0v) is 14.1. The molecule has 8 N–H and O–H groups in total. The van der Waals surface area contributed by atoms with Crippen molar-refractivity contribution in [2.75, 3.05) is 13.2 Å². The number of carboxylic acids is 1. The maximum atomic E-state index is 12.2. The van der Waals surface area contributed by atoms with Gasteiger partial charge >= 0.3 is 5.97 Å². The number of aliphatic hydroxyl groups excluding tert-OH is 1. The number of aromatic amines is 1. The van der Waals surface area contributed by atoms with E-state index in [0.717, 1.165) is 0 Å². The van der Waals surface area contributed by atoms with Gasteiger partial charge in [-0.3, -0.25) is 19.2 Å². The topological polar surface area (TPSA) is 200 Å². The average Bonchev–Trinajstić information content (AvgIpc) is 3.11. The zero-order valence-electron chi connectivity index (χ0n) is 14.1. The molecule has 0 spiro atoms. The van der Waals surface area contributed by atoms with Crippen molar-refractivity contribution in [1.29, 1.82) is 0 Å². The molecule has 3 unspecified atom stereocenters. The van der Waals surface area contributed by atoms with Crippen molar-refractivity contribution in [1.82, 2.24) is 25.9 Å². The number of carboxylic acid groups (broad SMARTS) is 1. The molecule has 0 radical (unpaired) electrons. The summed E-state index contributed by atoms with van der Waals surface area (Å²) in [4.78, 5) is 53.1. The van der Waals surface area contributed by atoms with Crippen molar-refractivity contribution in [3.8, 4) is 0 Å². The van der Waals surface area contributed by atoms with Crippen LogP contribution in [0.25, 0.3) is 0 Å². The minimum atomic E-state index is -1.23. The Bertz CT molecular complexity index is 634. The van der Waals surface area contributed by atoms with Crippen LogP contribution in [0.3, 0.4) is 0 Å². The maximum Gasteiger partial charge on any atom is 0.325 e. The molecular formula is C14H22N6O6. The van der Waals surface area contributed by atoms with Gasteiger partial charge in [-0.25, -0.2) is 4.98 Å². The first-order valence-electron chi connectivity index (χ1n) is 7.68. The molecule has 0 saturated carbocycles. The van der Waals surface area contributed by atoms with Crippen LogP contribution >= 0.6 is 0 Å². The number of carbonyl (C=O) groups excluding carboxylic acids is 3. The van der Waals surface area contributed by atoms with Gasteiger partial charge in [0.1, 0.15) is 18.1 Å². The number of carbonyl (C=O) groups is 4. The third-order valence-electron chi connectivity index (χ3n) is 3.32. The van der Waals surface area contributed by atoms with Crippen molar-refractivity contribution in [3.05, 3.63) is 18.2 Å². The molecule has 1 rings (SSSR count). The summed E-state index contributed by atoms with van der Waals surface area (Å²) in [5, 5.41) is 24.5. The summed E-state index contributed by atoms with van der Waals surface area (Å²) >= 11 is 0. The van der Waals surface area contributed by atoms with Gasteiger partial charge in [0.25, 0.3) is 0 Å². The number of hydrogen-bond donors (Lipinski definition) is 7. The van der Waals surface area contributed by atoms with Crippen LogP contribution in [0.1, 0.15) is 12.6 Å². The van der Waals surface area contributed by atoms with E-state index < -0.39 is 55.0 Å². The number of hydrogen-bond acceptors (Lipinski definition) is 7. The van der Waals surface area contributed by atoms with Crippen molar-refractivity contribution >= 4 is 23.7 Å². The molecule has 0 fully saturated rings. The number of nitrogens with two attached hydrogens (primary N) is 1. The van der Waals surface area contributed by atoms with Gasteiger partial charge in [-0.2, -0.15) is 0 Å². The molecule has 26 heavy (non-hydrogen) atoms. The molecule has 0 bridgehead atoms. The molecule has 1 aromatic rings. The molecular weight excluding hydrogens is 348 g/mol. The Hall–Kier alpha value is -2.99. The van der Waals surface area contributed by atoms with E-state index in [1.54, 1.807) is 0 Å². The number of H-pyrrole nitrogens is 1. The third kappa shape index (κ3) is 6.86. The van der Waals surface area contributed by atoms with Gasteiger partial charge in [0.2, 0.25) is 17.7 Å². The highest BCUT2D eigenvalue weighted by molar-refractivity contribution is 5.92. The van der Waals surface area contributed by atoms with E-state index in [1.807, 2.05) is 0 Å². The van der Waals surface area contributed by atoms with Crippen LogP contribution < -0.4 is 21.7 Å². The normalized spacial score (nSPS) is 14.0. The van der Waals surface area contributed by atoms with Gasteiger partial charge in [-0.05, 0) is 6.92 Å². The van der Waals surface area contributed by atoms with Crippen LogP contribution in [0.4, 0.5) is 0 Å². The van der Waals surface area contributed by atoms with Crippen LogP contribution in [0.15, 0.2) is 12.5 Å². The molecule has 0 aliphatic rings. The van der Waals surface area contributed by atoms with Crippen LogP contribution in [-0.2, 0) is 25.6 Å². The van der Waals surface area contributed by atoms with E-state index in [9.17, 15) is 19.2 Å². The largest absolute Gasteiger partial charge is 0.480 e. The average molecular weight is 370 g/mol. The Kier molecular flexibility index (Phi) is 8.18. The number of nitrogens with zero attached hydrogens (tertiary/aromatic N) is 1. The predicted octanol–water partition coefficient (Wildman–Crippen LogP) is -3.54. The summed E-state index contributed by atoms with van der Waals surface area (Å²) in [5.74, 6) is -3.35. The number of rotatable bonds is 10. The monoisotopic (exact) mass is 370 g/mol. The van der Waals surface area contributed by atoms with Gasteiger partial charge in [-0.15, -0.1) is 0 Å². The second-order valence-corrected chi connectivity index (χ2v) is 5.48. The molecule has 0 aliphatic heterocycles. The third-order valence-corrected chi connectivity index (χ3v) is 3.32. The number of amides is 3. The lowest BCUT2D eigenvalue weighted by atomic mass is 10.1.